The predicted octanol–water partition coefficient (Wildman–Crippen LogP) is 3.24. The third-order valence-electron chi connectivity index (χ3n) is 5.41. The minimum absolute atomic E-state index is 0.0817. The molecule has 3 rings (SSSR count). The lowest BCUT2D eigenvalue weighted by Gasteiger charge is -2.31. The Kier molecular flexibility index (Phi) is 6.43. The highest BCUT2D eigenvalue weighted by Gasteiger charge is 2.45. The second-order valence-corrected chi connectivity index (χ2v) is 11.7. The summed E-state index contributed by atoms with van der Waals surface area (Å²) in [6, 6.07) is 15.0. The van der Waals surface area contributed by atoms with E-state index in [1.165, 1.54) is 24.3 Å². The highest BCUT2D eigenvalue weighted by atomic mass is 32.3. The van der Waals surface area contributed by atoms with Crippen molar-refractivity contribution >= 4 is 25.6 Å². The zero-order valence-electron chi connectivity index (χ0n) is 16.1. The van der Waals surface area contributed by atoms with Gasteiger partial charge in [0.1, 0.15) is 0 Å². The van der Waals surface area contributed by atoms with Crippen LogP contribution in [-0.4, -0.2) is 34.0 Å². The molecule has 2 atom stereocenters. The van der Waals surface area contributed by atoms with E-state index in [0.29, 0.717) is 12.8 Å². The van der Waals surface area contributed by atoms with E-state index in [2.05, 4.69) is 0 Å². The molecule has 0 radical (unpaired) electrons. The minimum atomic E-state index is -4.26. The van der Waals surface area contributed by atoms with Crippen molar-refractivity contribution in [3.63, 3.8) is 0 Å². The molecular weight excluding hydrogens is 412 g/mol. The molecule has 0 bridgehead atoms. The fourth-order valence-corrected chi connectivity index (χ4v) is 8.34. The summed E-state index contributed by atoms with van der Waals surface area (Å²) in [5.74, 6) is -1.42. The highest BCUT2D eigenvalue weighted by molar-refractivity contribution is 8.09. The van der Waals surface area contributed by atoms with Crippen LogP contribution >= 0.6 is 0 Å². The molecule has 29 heavy (non-hydrogen) atoms. The number of esters is 1. The van der Waals surface area contributed by atoms with Crippen molar-refractivity contribution in [1.29, 1.82) is 0 Å². The molecule has 8 heteroatoms. The van der Waals surface area contributed by atoms with Crippen LogP contribution in [0.3, 0.4) is 0 Å². The van der Waals surface area contributed by atoms with Crippen LogP contribution in [-0.2, 0) is 29.2 Å². The maximum atomic E-state index is 13.4. The topological polar surface area (TPSA) is 94.6 Å². The molecule has 2 aromatic rings. The molecule has 0 saturated carbocycles. The van der Waals surface area contributed by atoms with Gasteiger partial charge in [0.15, 0.2) is 24.3 Å². The summed E-state index contributed by atoms with van der Waals surface area (Å²) in [5.41, 5.74) is 0. The number of hydrogen-bond donors (Lipinski definition) is 0. The molecule has 1 aliphatic heterocycles. The number of cyclic esters (lactones) is 1. The predicted molar refractivity (Wildman–Crippen MR) is 109 cm³/mol. The number of ether oxygens (including phenoxy) is 1. The average Bonchev–Trinajstić information content (AvgIpc) is 2.73. The van der Waals surface area contributed by atoms with Gasteiger partial charge in [-0.1, -0.05) is 49.7 Å². The van der Waals surface area contributed by atoms with Crippen molar-refractivity contribution in [3.05, 3.63) is 60.7 Å². The molecule has 0 aliphatic carbocycles. The van der Waals surface area contributed by atoms with Crippen LogP contribution in [0.1, 0.15) is 26.2 Å². The van der Waals surface area contributed by atoms with E-state index >= 15 is 0 Å². The van der Waals surface area contributed by atoms with Crippen molar-refractivity contribution in [2.24, 2.45) is 11.8 Å². The van der Waals surface area contributed by atoms with Gasteiger partial charge in [0.2, 0.25) is 0 Å². The molecule has 1 fully saturated rings. The molecule has 1 aliphatic rings. The Hall–Kier alpha value is -2.19. The first-order valence-electron chi connectivity index (χ1n) is 9.53. The van der Waals surface area contributed by atoms with Crippen LogP contribution in [0.2, 0.25) is 0 Å². The van der Waals surface area contributed by atoms with Gasteiger partial charge in [-0.25, -0.2) is 16.8 Å². The molecule has 0 unspecified atom stereocenters. The fraction of sp³-hybridized carbons (Fsp3) is 0.381. The lowest BCUT2D eigenvalue weighted by Crippen LogP contribution is -2.40. The van der Waals surface area contributed by atoms with Crippen molar-refractivity contribution < 1.29 is 26.4 Å². The molecule has 2 aromatic carbocycles. The van der Waals surface area contributed by atoms with E-state index in [1.54, 1.807) is 36.4 Å². The lowest BCUT2D eigenvalue weighted by atomic mass is 9.84. The Morgan fingerprint density at radius 1 is 0.897 bits per heavy atom. The monoisotopic (exact) mass is 436 g/mol. The second-order valence-electron chi connectivity index (χ2n) is 7.11. The number of carbonyl (C=O) groups excluding carboxylic acids is 1. The zero-order valence-corrected chi connectivity index (χ0v) is 17.7. The van der Waals surface area contributed by atoms with Crippen LogP contribution in [0.4, 0.5) is 0 Å². The van der Waals surface area contributed by atoms with Gasteiger partial charge in [-0.15, -0.1) is 0 Å². The van der Waals surface area contributed by atoms with Gasteiger partial charge in [-0.05, 0) is 43.0 Å². The van der Waals surface area contributed by atoms with E-state index in [0.717, 1.165) is 0 Å². The molecule has 0 amide bonds. The van der Waals surface area contributed by atoms with E-state index in [4.69, 9.17) is 4.74 Å². The van der Waals surface area contributed by atoms with Gasteiger partial charge in [0, 0.05) is 0 Å². The Morgan fingerprint density at radius 2 is 1.38 bits per heavy atom. The van der Waals surface area contributed by atoms with Crippen LogP contribution in [0.15, 0.2) is 70.5 Å². The van der Waals surface area contributed by atoms with Crippen LogP contribution < -0.4 is 0 Å². The molecule has 1 heterocycles. The summed E-state index contributed by atoms with van der Waals surface area (Å²) >= 11 is 0. The molecule has 6 nitrogen and oxygen atoms in total. The standard InChI is InChI=1S/C21H24O6S2/c1-2-16-13-14-27-21(22)19(16)15-20(28(23,24)17-9-5-3-6-10-17)29(25,26)18-11-7-4-8-12-18/h3-12,16,19-20H,2,13-15H2,1H3/t16-,19+/m1/s1. The summed E-state index contributed by atoms with van der Waals surface area (Å²) in [7, 11) is -8.51. The van der Waals surface area contributed by atoms with Gasteiger partial charge < -0.3 is 4.74 Å². The number of benzene rings is 2. The Bertz CT molecular complexity index is 977. The molecular formula is C21H24O6S2. The molecule has 1 saturated heterocycles. The number of hydrogen-bond acceptors (Lipinski definition) is 6. The molecule has 0 spiro atoms. The van der Waals surface area contributed by atoms with Crippen molar-refractivity contribution in [1.82, 2.24) is 0 Å². The van der Waals surface area contributed by atoms with E-state index in [9.17, 15) is 21.6 Å². The summed E-state index contributed by atoms with van der Waals surface area (Å²) in [6.07, 6.45) is 0.908. The SMILES string of the molecule is CC[C@@H]1CCOC(=O)[C@H]1CC(S(=O)(=O)c1ccccc1)S(=O)(=O)c1ccccc1. The summed E-state index contributed by atoms with van der Waals surface area (Å²) in [4.78, 5) is 12.3. The summed E-state index contributed by atoms with van der Waals surface area (Å²) in [6.45, 7) is 2.18. The Morgan fingerprint density at radius 3 is 1.83 bits per heavy atom. The van der Waals surface area contributed by atoms with Crippen molar-refractivity contribution in [3.8, 4) is 0 Å². The van der Waals surface area contributed by atoms with Crippen LogP contribution in [0.5, 0.6) is 0 Å². The normalized spacial score (nSPS) is 20.4. The first kappa shape index (κ1) is 21.5. The van der Waals surface area contributed by atoms with Gasteiger partial charge in [-0.3, -0.25) is 4.79 Å². The number of carbonyl (C=O) groups is 1. The largest absolute Gasteiger partial charge is 0.465 e. The minimum Gasteiger partial charge on any atom is -0.465 e. The highest BCUT2D eigenvalue weighted by Crippen LogP contribution is 2.36. The lowest BCUT2D eigenvalue weighted by molar-refractivity contribution is -0.156. The fourth-order valence-electron chi connectivity index (χ4n) is 3.74. The average molecular weight is 437 g/mol. The quantitative estimate of drug-likeness (QED) is 0.619. The van der Waals surface area contributed by atoms with Crippen LogP contribution in [0, 0.1) is 11.8 Å². The van der Waals surface area contributed by atoms with Gasteiger partial charge in [0.05, 0.1) is 22.3 Å². The third-order valence-corrected chi connectivity index (χ3v) is 10.6. The first-order chi connectivity index (χ1) is 13.8. The van der Waals surface area contributed by atoms with E-state index in [-0.39, 0.29) is 28.7 Å². The molecule has 0 N–H and O–H groups in total. The van der Waals surface area contributed by atoms with Gasteiger partial charge in [-0.2, -0.15) is 0 Å². The van der Waals surface area contributed by atoms with E-state index in [1.807, 2.05) is 6.92 Å². The van der Waals surface area contributed by atoms with Crippen molar-refractivity contribution in [2.45, 2.75) is 40.6 Å². The Balaban J connectivity index is 2.11. The maximum absolute atomic E-state index is 13.4. The number of rotatable bonds is 7. The Labute approximate surface area is 171 Å². The summed E-state index contributed by atoms with van der Waals surface area (Å²) in [5, 5.41) is 0. The van der Waals surface area contributed by atoms with Gasteiger partial charge >= 0.3 is 5.97 Å². The molecule has 156 valence electrons. The zero-order chi connectivity index (χ0) is 21.1. The van der Waals surface area contributed by atoms with Gasteiger partial charge in [0.25, 0.3) is 0 Å². The third kappa shape index (κ3) is 4.38. The van der Waals surface area contributed by atoms with E-state index < -0.39 is 36.1 Å². The number of sulfone groups is 2. The molecule has 0 aromatic heterocycles. The maximum Gasteiger partial charge on any atom is 0.309 e. The smallest absolute Gasteiger partial charge is 0.309 e. The summed E-state index contributed by atoms with van der Waals surface area (Å²) < 4.78 is 56.9. The first-order valence-corrected chi connectivity index (χ1v) is 12.6. The van der Waals surface area contributed by atoms with Crippen LogP contribution in [0.25, 0.3) is 0 Å². The van der Waals surface area contributed by atoms with Crippen molar-refractivity contribution in [2.75, 3.05) is 6.61 Å². The second kappa shape index (κ2) is 8.67.